The number of carbonyl (C=O) groups is 1. The number of methoxy groups -OCH3 is 1. The first-order valence-corrected chi connectivity index (χ1v) is 10.3. The van der Waals surface area contributed by atoms with Gasteiger partial charge in [-0.15, -0.1) is 15.3 Å². The van der Waals surface area contributed by atoms with Gasteiger partial charge in [0.2, 0.25) is 5.91 Å². The number of alkyl halides is 3. The minimum Gasteiger partial charge on any atom is -0.497 e. The van der Waals surface area contributed by atoms with Gasteiger partial charge in [0.05, 0.1) is 13.0 Å². The standard InChI is InChI=1S/C21H23F3N6O2/c1-32-16-6-4-14(5-7-16)10-11-25-19(31)15-3-2-12-29(13-15)18-9-8-17-26-27-20(21(22,23)24)30(17)28-18/h4-9,15H,2-3,10-13H2,1H3,(H,25,31). The zero-order valence-corrected chi connectivity index (χ0v) is 17.5. The Morgan fingerprint density at radius 2 is 1.97 bits per heavy atom. The van der Waals surface area contributed by atoms with Crippen LogP contribution in [0.5, 0.6) is 5.75 Å². The number of benzene rings is 1. The van der Waals surface area contributed by atoms with Crippen molar-refractivity contribution < 1.29 is 22.7 Å². The van der Waals surface area contributed by atoms with Crippen LogP contribution in [0.3, 0.4) is 0 Å². The van der Waals surface area contributed by atoms with Crippen LogP contribution in [0.2, 0.25) is 0 Å². The van der Waals surface area contributed by atoms with E-state index in [9.17, 15) is 18.0 Å². The van der Waals surface area contributed by atoms with Crippen LogP contribution in [0.25, 0.3) is 5.65 Å². The third kappa shape index (κ3) is 4.76. The summed E-state index contributed by atoms with van der Waals surface area (Å²) >= 11 is 0. The number of ether oxygens (including phenoxy) is 1. The number of carbonyl (C=O) groups excluding carboxylic acids is 1. The Labute approximate surface area is 182 Å². The highest BCUT2D eigenvalue weighted by molar-refractivity contribution is 5.79. The van der Waals surface area contributed by atoms with E-state index in [4.69, 9.17) is 4.74 Å². The van der Waals surface area contributed by atoms with Crippen molar-refractivity contribution in [3.05, 3.63) is 47.8 Å². The van der Waals surface area contributed by atoms with Gasteiger partial charge in [0.1, 0.15) is 11.6 Å². The van der Waals surface area contributed by atoms with Gasteiger partial charge in [-0.3, -0.25) is 4.79 Å². The summed E-state index contributed by atoms with van der Waals surface area (Å²) in [4.78, 5) is 14.5. The highest BCUT2D eigenvalue weighted by atomic mass is 19.4. The summed E-state index contributed by atoms with van der Waals surface area (Å²) in [6, 6.07) is 10.7. The number of fused-ring (bicyclic) bond motifs is 1. The van der Waals surface area contributed by atoms with Crippen molar-refractivity contribution in [1.82, 2.24) is 25.1 Å². The van der Waals surface area contributed by atoms with Gasteiger partial charge in [0.25, 0.3) is 5.82 Å². The summed E-state index contributed by atoms with van der Waals surface area (Å²) in [5, 5.41) is 13.8. The number of halogens is 3. The fourth-order valence-electron chi connectivity index (χ4n) is 3.79. The molecule has 1 fully saturated rings. The van der Waals surface area contributed by atoms with Crippen molar-refractivity contribution in [3.8, 4) is 5.75 Å². The van der Waals surface area contributed by atoms with Crippen LogP contribution in [-0.2, 0) is 17.4 Å². The molecule has 1 unspecified atom stereocenters. The average Bonchev–Trinajstić information content (AvgIpc) is 3.23. The monoisotopic (exact) mass is 448 g/mol. The Kier molecular flexibility index (Phi) is 6.15. The summed E-state index contributed by atoms with van der Waals surface area (Å²) in [5.74, 6) is -0.358. The van der Waals surface area contributed by atoms with Crippen LogP contribution in [0.15, 0.2) is 36.4 Å². The van der Waals surface area contributed by atoms with Crippen molar-refractivity contribution in [2.24, 2.45) is 5.92 Å². The first-order valence-electron chi connectivity index (χ1n) is 10.3. The van der Waals surface area contributed by atoms with Gasteiger partial charge in [-0.2, -0.15) is 17.7 Å². The van der Waals surface area contributed by atoms with Gasteiger partial charge in [-0.25, -0.2) is 0 Å². The van der Waals surface area contributed by atoms with Crippen LogP contribution in [0.1, 0.15) is 24.2 Å². The lowest BCUT2D eigenvalue weighted by molar-refractivity contribution is -0.146. The average molecular weight is 448 g/mol. The van der Waals surface area contributed by atoms with Crippen LogP contribution < -0.4 is 15.0 Å². The molecule has 0 bridgehead atoms. The largest absolute Gasteiger partial charge is 0.497 e. The number of hydrogen-bond acceptors (Lipinski definition) is 6. The van der Waals surface area contributed by atoms with Gasteiger partial charge in [0.15, 0.2) is 5.65 Å². The zero-order chi connectivity index (χ0) is 22.7. The second-order valence-corrected chi connectivity index (χ2v) is 7.66. The SMILES string of the molecule is COc1ccc(CCNC(=O)C2CCCN(c3ccc4nnc(C(F)(F)F)n4n3)C2)cc1. The Bertz CT molecular complexity index is 1080. The number of amides is 1. The Balaban J connectivity index is 1.37. The number of nitrogens with one attached hydrogen (secondary N) is 1. The molecule has 2 aromatic heterocycles. The van der Waals surface area contributed by atoms with E-state index >= 15 is 0 Å². The van der Waals surface area contributed by atoms with Crippen LogP contribution in [-0.4, -0.2) is 52.5 Å². The van der Waals surface area contributed by atoms with E-state index in [2.05, 4.69) is 20.6 Å². The quantitative estimate of drug-likeness (QED) is 0.624. The first kappa shape index (κ1) is 21.8. The Hall–Kier alpha value is -3.37. The Morgan fingerprint density at radius 3 is 2.69 bits per heavy atom. The number of hydrogen-bond donors (Lipinski definition) is 1. The lowest BCUT2D eigenvalue weighted by Crippen LogP contribution is -2.44. The number of nitrogens with zero attached hydrogens (tertiary/aromatic N) is 5. The molecule has 0 saturated carbocycles. The second-order valence-electron chi connectivity index (χ2n) is 7.66. The van der Waals surface area contributed by atoms with Gasteiger partial charge in [0, 0.05) is 19.6 Å². The van der Waals surface area contributed by atoms with E-state index in [1.165, 1.54) is 6.07 Å². The lowest BCUT2D eigenvalue weighted by Gasteiger charge is -2.32. The number of aromatic nitrogens is 4. The summed E-state index contributed by atoms with van der Waals surface area (Å²) < 4.78 is 45.2. The molecule has 11 heteroatoms. The van der Waals surface area contributed by atoms with E-state index in [0.29, 0.717) is 42.8 Å². The number of piperidine rings is 1. The molecule has 3 heterocycles. The fraction of sp³-hybridized carbons (Fsp3) is 0.429. The molecular weight excluding hydrogens is 425 g/mol. The van der Waals surface area contributed by atoms with E-state index in [0.717, 1.165) is 17.7 Å². The predicted octanol–water partition coefficient (Wildman–Crippen LogP) is 2.73. The van der Waals surface area contributed by atoms with Crippen LogP contribution >= 0.6 is 0 Å². The van der Waals surface area contributed by atoms with E-state index in [1.807, 2.05) is 29.2 Å². The van der Waals surface area contributed by atoms with Gasteiger partial charge in [-0.1, -0.05) is 12.1 Å². The summed E-state index contributed by atoms with van der Waals surface area (Å²) in [6.07, 6.45) is -2.50. The van der Waals surface area contributed by atoms with Gasteiger partial charge in [-0.05, 0) is 49.1 Å². The molecule has 1 aromatic carbocycles. The van der Waals surface area contributed by atoms with Crippen molar-refractivity contribution in [2.45, 2.75) is 25.4 Å². The van der Waals surface area contributed by atoms with Crippen molar-refractivity contribution in [3.63, 3.8) is 0 Å². The molecule has 1 saturated heterocycles. The molecule has 0 aliphatic carbocycles. The van der Waals surface area contributed by atoms with Crippen molar-refractivity contribution in [2.75, 3.05) is 31.6 Å². The molecule has 1 atom stereocenters. The minimum absolute atomic E-state index is 0.0194. The molecule has 1 aliphatic rings. The summed E-state index contributed by atoms with van der Waals surface area (Å²) in [5.41, 5.74) is 1.11. The van der Waals surface area contributed by atoms with Crippen LogP contribution in [0, 0.1) is 5.92 Å². The second kappa shape index (κ2) is 9.01. The normalized spacial score (nSPS) is 16.9. The Morgan fingerprint density at radius 1 is 1.19 bits per heavy atom. The predicted molar refractivity (Wildman–Crippen MR) is 110 cm³/mol. The smallest absolute Gasteiger partial charge is 0.453 e. The first-order chi connectivity index (χ1) is 15.3. The third-order valence-electron chi connectivity index (χ3n) is 5.49. The molecule has 170 valence electrons. The van der Waals surface area contributed by atoms with Crippen molar-refractivity contribution >= 4 is 17.4 Å². The van der Waals surface area contributed by atoms with Gasteiger partial charge < -0.3 is 15.0 Å². The van der Waals surface area contributed by atoms with E-state index < -0.39 is 12.0 Å². The maximum absolute atomic E-state index is 13.1. The molecule has 0 spiro atoms. The molecule has 8 nitrogen and oxygen atoms in total. The zero-order valence-electron chi connectivity index (χ0n) is 17.5. The number of rotatable bonds is 6. The molecule has 0 radical (unpaired) electrons. The number of anilines is 1. The van der Waals surface area contributed by atoms with E-state index in [1.54, 1.807) is 13.2 Å². The molecule has 32 heavy (non-hydrogen) atoms. The summed E-state index contributed by atoms with van der Waals surface area (Å²) in [7, 11) is 1.61. The third-order valence-corrected chi connectivity index (χ3v) is 5.49. The molecule has 1 aliphatic heterocycles. The highest BCUT2D eigenvalue weighted by Gasteiger charge is 2.38. The highest BCUT2D eigenvalue weighted by Crippen LogP contribution is 2.28. The topological polar surface area (TPSA) is 84.6 Å². The van der Waals surface area contributed by atoms with Crippen molar-refractivity contribution in [1.29, 1.82) is 0 Å². The fourth-order valence-corrected chi connectivity index (χ4v) is 3.79. The lowest BCUT2D eigenvalue weighted by atomic mass is 9.97. The van der Waals surface area contributed by atoms with Gasteiger partial charge >= 0.3 is 6.18 Å². The minimum atomic E-state index is -4.65. The van der Waals surface area contributed by atoms with Crippen LogP contribution in [0.4, 0.5) is 19.0 Å². The molecule has 4 rings (SSSR count). The molecule has 1 amide bonds. The molecular formula is C21H23F3N6O2. The summed E-state index contributed by atoms with van der Waals surface area (Å²) in [6.45, 7) is 1.50. The maximum Gasteiger partial charge on any atom is 0.453 e. The maximum atomic E-state index is 13.1. The molecule has 3 aromatic rings. The molecule has 1 N–H and O–H groups in total. The van der Waals surface area contributed by atoms with E-state index in [-0.39, 0.29) is 17.5 Å².